The summed E-state index contributed by atoms with van der Waals surface area (Å²) >= 11 is 0. The normalized spacial score (nSPS) is 20.1. The third kappa shape index (κ3) is 3.06. The zero-order valence-corrected chi connectivity index (χ0v) is 10.1. The van der Waals surface area contributed by atoms with Crippen LogP contribution in [0, 0.1) is 0 Å². The van der Waals surface area contributed by atoms with Gasteiger partial charge in [0, 0.05) is 6.04 Å². The molecule has 0 saturated carbocycles. The molecule has 3 nitrogen and oxygen atoms in total. The number of benzene rings is 1. The third-order valence-corrected chi connectivity index (χ3v) is 3.50. The fourth-order valence-electron chi connectivity index (χ4n) is 2.54. The maximum atomic E-state index is 9.15. The van der Waals surface area contributed by atoms with Gasteiger partial charge in [-0.1, -0.05) is 30.7 Å². The van der Waals surface area contributed by atoms with E-state index in [-0.39, 0.29) is 25.3 Å². The van der Waals surface area contributed by atoms with E-state index < -0.39 is 0 Å². The molecule has 0 spiro atoms. The Morgan fingerprint density at radius 1 is 1.18 bits per heavy atom. The minimum Gasteiger partial charge on any atom is -0.395 e. The highest BCUT2D eigenvalue weighted by molar-refractivity contribution is 5.31. The molecule has 0 heterocycles. The van der Waals surface area contributed by atoms with Crippen molar-refractivity contribution >= 4 is 0 Å². The average Bonchev–Trinajstić information content (AvgIpc) is 2.58. The van der Waals surface area contributed by atoms with Gasteiger partial charge in [-0.2, -0.15) is 0 Å². The number of hydrogen-bond acceptors (Lipinski definition) is 3. The van der Waals surface area contributed by atoms with Gasteiger partial charge < -0.3 is 15.5 Å². The maximum Gasteiger partial charge on any atom is 0.0607 e. The first-order chi connectivity index (χ1) is 8.35. The summed E-state index contributed by atoms with van der Waals surface area (Å²) in [6.45, 7) is -0.0374. The van der Waals surface area contributed by atoms with Crippen LogP contribution < -0.4 is 5.32 Å². The van der Waals surface area contributed by atoms with E-state index >= 15 is 0 Å². The molecule has 1 aromatic rings. The standard InChI is InChI=1S/C14H21NO2/c16-9-12(10-17)15-14-8-4-2-6-11-5-1-3-7-13(11)14/h1,3,5,7,12,14-17H,2,4,6,8-10H2. The van der Waals surface area contributed by atoms with Crippen molar-refractivity contribution in [1.82, 2.24) is 5.32 Å². The molecule has 0 amide bonds. The van der Waals surface area contributed by atoms with Crippen molar-refractivity contribution in [3.8, 4) is 0 Å². The summed E-state index contributed by atoms with van der Waals surface area (Å²) in [6.07, 6.45) is 4.62. The maximum absolute atomic E-state index is 9.15. The first kappa shape index (κ1) is 12.6. The summed E-state index contributed by atoms with van der Waals surface area (Å²) in [6, 6.07) is 8.53. The van der Waals surface area contributed by atoms with Crippen LogP contribution >= 0.6 is 0 Å². The van der Waals surface area contributed by atoms with Gasteiger partial charge >= 0.3 is 0 Å². The van der Waals surface area contributed by atoms with Gasteiger partial charge in [0.05, 0.1) is 19.3 Å². The number of rotatable bonds is 4. The van der Waals surface area contributed by atoms with Gasteiger partial charge in [0.1, 0.15) is 0 Å². The van der Waals surface area contributed by atoms with E-state index in [1.165, 1.54) is 24.0 Å². The molecule has 94 valence electrons. The minimum absolute atomic E-state index is 0.0187. The molecule has 2 rings (SSSR count). The fourth-order valence-corrected chi connectivity index (χ4v) is 2.54. The molecule has 0 bridgehead atoms. The van der Waals surface area contributed by atoms with Crippen molar-refractivity contribution in [2.24, 2.45) is 0 Å². The topological polar surface area (TPSA) is 52.5 Å². The Bertz CT molecular complexity index is 350. The van der Waals surface area contributed by atoms with E-state index in [2.05, 4.69) is 29.6 Å². The van der Waals surface area contributed by atoms with E-state index in [4.69, 9.17) is 10.2 Å². The van der Waals surface area contributed by atoms with Crippen molar-refractivity contribution < 1.29 is 10.2 Å². The molecular weight excluding hydrogens is 214 g/mol. The molecule has 1 aromatic carbocycles. The summed E-state index contributed by atoms with van der Waals surface area (Å²) < 4.78 is 0. The SMILES string of the molecule is OCC(CO)NC1CCCCc2ccccc21. The van der Waals surface area contributed by atoms with Crippen LogP contribution in [0.3, 0.4) is 0 Å². The smallest absolute Gasteiger partial charge is 0.0607 e. The lowest BCUT2D eigenvalue weighted by molar-refractivity contribution is 0.160. The highest BCUT2D eigenvalue weighted by atomic mass is 16.3. The van der Waals surface area contributed by atoms with Crippen molar-refractivity contribution in [3.05, 3.63) is 35.4 Å². The monoisotopic (exact) mass is 235 g/mol. The van der Waals surface area contributed by atoms with Crippen LogP contribution in [0.15, 0.2) is 24.3 Å². The van der Waals surface area contributed by atoms with Gasteiger partial charge in [-0.15, -0.1) is 0 Å². The van der Waals surface area contributed by atoms with Crippen molar-refractivity contribution in [2.75, 3.05) is 13.2 Å². The number of fused-ring (bicyclic) bond motifs is 1. The van der Waals surface area contributed by atoms with Crippen LogP contribution in [0.25, 0.3) is 0 Å². The second-order valence-corrected chi connectivity index (χ2v) is 4.73. The number of hydrogen-bond donors (Lipinski definition) is 3. The Morgan fingerprint density at radius 2 is 1.94 bits per heavy atom. The first-order valence-electron chi connectivity index (χ1n) is 6.40. The first-order valence-corrected chi connectivity index (χ1v) is 6.40. The van der Waals surface area contributed by atoms with Crippen LogP contribution in [0.1, 0.15) is 36.4 Å². The molecule has 0 saturated heterocycles. The van der Waals surface area contributed by atoms with Crippen LogP contribution in [-0.4, -0.2) is 29.5 Å². The highest BCUT2D eigenvalue weighted by Gasteiger charge is 2.20. The zero-order valence-electron chi connectivity index (χ0n) is 10.1. The summed E-state index contributed by atoms with van der Waals surface area (Å²) in [5.74, 6) is 0. The second-order valence-electron chi connectivity index (χ2n) is 4.73. The molecule has 1 atom stereocenters. The number of aryl methyl sites for hydroxylation is 1. The molecule has 0 fully saturated rings. The van der Waals surface area contributed by atoms with Crippen LogP contribution in [0.5, 0.6) is 0 Å². The number of aliphatic hydroxyl groups excluding tert-OH is 2. The predicted octanol–water partition coefficient (Wildman–Crippen LogP) is 1.40. The zero-order chi connectivity index (χ0) is 12.1. The molecule has 17 heavy (non-hydrogen) atoms. The Labute approximate surface area is 102 Å². The molecule has 1 aliphatic carbocycles. The van der Waals surface area contributed by atoms with Gasteiger partial charge in [0.15, 0.2) is 0 Å². The number of nitrogens with one attached hydrogen (secondary N) is 1. The third-order valence-electron chi connectivity index (χ3n) is 3.50. The molecule has 0 aromatic heterocycles. The minimum atomic E-state index is -0.217. The van der Waals surface area contributed by atoms with E-state index in [0.717, 1.165) is 12.8 Å². The molecule has 0 aliphatic heterocycles. The molecular formula is C14H21NO2. The second kappa shape index (κ2) is 6.15. The van der Waals surface area contributed by atoms with Crippen LogP contribution in [0.4, 0.5) is 0 Å². The molecule has 3 heteroatoms. The highest BCUT2D eigenvalue weighted by Crippen LogP contribution is 2.28. The summed E-state index contributed by atoms with van der Waals surface area (Å²) in [5.41, 5.74) is 2.73. The Balaban J connectivity index is 2.16. The van der Waals surface area contributed by atoms with Crippen molar-refractivity contribution in [2.45, 2.75) is 37.8 Å². The fraction of sp³-hybridized carbons (Fsp3) is 0.571. The largest absolute Gasteiger partial charge is 0.395 e. The quantitative estimate of drug-likeness (QED) is 0.691. The molecule has 1 unspecified atom stereocenters. The van der Waals surface area contributed by atoms with Gasteiger partial charge in [-0.3, -0.25) is 0 Å². The van der Waals surface area contributed by atoms with Crippen LogP contribution in [0.2, 0.25) is 0 Å². The molecule has 3 N–H and O–H groups in total. The Morgan fingerprint density at radius 3 is 2.71 bits per heavy atom. The van der Waals surface area contributed by atoms with Gasteiger partial charge in [0.25, 0.3) is 0 Å². The predicted molar refractivity (Wildman–Crippen MR) is 67.8 cm³/mol. The van der Waals surface area contributed by atoms with E-state index in [0.29, 0.717) is 0 Å². The lowest BCUT2D eigenvalue weighted by Crippen LogP contribution is -2.38. The number of aliphatic hydroxyl groups is 2. The van der Waals surface area contributed by atoms with Crippen molar-refractivity contribution in [3.63, 3.8) is 0 Å². The van der Waals surface area contributed by atoms with Gasteiger partial charge in [-0.05, 0) is 30.4 Å². The summed E-state index contributed by atoms with van der Waals surface area (Å²) in [5, 5.41) is 21.7. The summed E-state index contributed by atoms with van der Waals surface area (Å²) in [7, 11) is 0. The molecule has 1 aliphatic rings. The lowest BCUT2D eigenvalue weighted by atomic mass is 9.98. The van der Waals surface area contributed by atoms with E-state index in [1.807, 2.05) is 0 Å². The summed E-state index contributed by atoms with van der Waals surface area (Å²) in [4.78, 5) is 0. The van der Waals surface area contributed by atoms with E-state index in [1.54, 1.807) is 0 Å². The van der Waals surface area contributed by atoms with Crippen LogP contribution in [-0.2, 0) is 6.42 Å². The van der Waals surface area contributed by atoms with Gasteiger partial charge in [0.2, 0.25) is 0 Å². The lowest BCUT2D eigenvalue weighted by Gasteiger charge is -2.24. The van der Waals surface area contributed by atoms with E-state index in [9.17, 15) is 0 Å². The Hall–Kier alpha value is -0.900. The average molecular weight is 235 g/mol. The van der Waals surface area contributed by atoms with Crippen molar-refractivity contribution in [1.29, 1.82) is 0 Å². The van der Waals surface area contributed by atoms with Gasteiger partial charge in [-0.25, -0.2) is 0 Å². The Kier molecular flexibility index (Phi) is 4.54. The molecule has 0 radical (unpaired) electrons.